The monoisotopic (exact) mass is 352 g/mol. The first kappa shape index (κ1) is 16.5. The summed E-state index contributed by atoms with van der Waals surface area (Å²) in [5, 5.41) is 3.98. The lowest BCUT2D eigenvalue weighted by Gasteiger charge is -2.12. The largest absolute Gasteiger partial charge is 0.213 e. The zero-order chi connectivity index (χ0) is 18.4. The molecule has 1 heterocycles. The van der Waals surface area contributed by atoms with Crippen LogP contribution in [0.3, 0.4) is 0 Å². The third kappa shape index (κ3) is 2.73. The van der Waals surface area contributed by atoms with Crippen molar-refractivity contribution in [2.45, 2.75) is 38.5 Å². The van der Waals surface area contributed by atoms with Crippen molar-refractivity contribution in [1.29, 1.82) is 0 Å². The third-order valence-corrected chi connectivity index (χ3v) is 6.42. The molecule has 0 N–H and O–H groups in total. The van der Waals surface area contributed by atoms with Gasteiger partial charge in [-0.25, -0.2) is 0 Å². The van der Waals surface area contributed by atoms with E-state index in [0.717, 1.165) is 5.92 Å². The second-order valence-corrected chi connectivity index (χ2v) is 8.06. The molecule has 0 atom stereocenters. The topological polar surface area (TPSA) is 3.88 Å². The van der Waals surface area contributed by atoms with E-state index in [4.69, 9.17) is 0 Å². The number of aryl methyl sites for hydroxylation is 2. The lowest BCUT2D eigenvalue weighted by atomic mass is 9.94. The average molecular weight is 353 g/mol. The molecule has 1 saturated carbocycles. The molecule has 3 aromatic carbocycles. The highest BCUT2D eigenvalue weighted by molar-refractivity contribution is 5.97. The molecule has 0 bridgehead atoms. The quantitative estimate of drug-likeness (QED) is 0.365. The number of hydrogen-bond acceptors (Lipinski definition) is 0. The highest BCUT2D eigenvalue weighted by Gasteiger charge is 2.21. The Bertz CT molecular complexity index is 1150. The van der Waals surface area contributed by atoms with Gasteiger partial charge in [0.15, 0.2) is 0 Å². The van der Waals surface area contributed by atoms with Gasteiger partial charge in [-0.3, -0.25) is 0 Å². The zero-order valence-electron chi connectivity index (χ0n) is 16.2. The molecule has 1 aromatic heterocycles. The summed E-state index contributed by atoms with van der Waals surface area (Å²) in [4.78, 5) is 0. The van der Waals surface area contributed by atoms with Crippen LogP contribution in [0, 0.1) is 6.92 Å². The van der Waals surface area contributed by atoms with Gasteiger partial charge >= 0.3 is 0 Å². The minimum absolute atomic E-state index is 0.764. The summed E-state index contributed by atoms with van der Waals surface area (Å²) in [5.74, 6) is 0.764. The molecule has 1 fully saturated rings. The van der Waals surface area contributed by atoms with E-state index >= 15 is 0 Å². The minimum atomic E-state index is 0.764. The van der Waals surface area contributed by atoms with Gasteiger partial charge in [0, 0.05) is 17.5 Å². The fourth-order valence-electron chi connectivity index (χ4n) is 4.91. The molecule has 0 radical (unpaired) electrons. The molecule has 0 saturated heterocycles. The number of hydrogen-bond donors (Lipinski definition) is 0. The van der Waals surface area contributed by atoms with Crippen LogP contribution in [-0.2, 0) is 7.05 Å². The fraction of sp³-hybridized carbons (Fsp3) is 0.269. The van der Waals surface area contributed by atoms with E-state index in [2.05, 4.69) is 85.3 Å². The van der Waals surface area contributed by atoms with Crippen LogP contribution in [0.4, 0.5) is 0 Å². The summed E-state index contributed by atoms with van der Waals surface area (Å²) in [6.45, 7) is 2.22. The second kappa shape index (κ2) is 6.49. The van der Waals surface area contributed by atoms with Gasteiger partial charge in [0.25, 0.3) is 0 Å². The van der Waals surface area contributed by atoms with Crippen LogP contribution in [0.2, 0.25) is 0 Å². The predicted octanol–water partition coefficient (Wildman–Crippen LogP) is 6.45. The summed E-state index contributed by atoms with van der Waals surface area (Å²) in [5.41, 5.74) is 6.78. The van der Waals surface area contributed by atoms with E-state index in [1.54, 1.807) is 0 Å². The molecule has 1 heteroatoms. The van der Waals surface area contributed by atoms with Crippen molar-refractivity contribution in [3.8, 4) is 11.3 Å². The number of nitrogens with zero attached hydrogens (tertiary/aromatic N) is 1. The maximum absolute atomic E-state index is 2.42. The molecule has 0 spiro atoms. The Hall–Kier alpha value is -2.67. The van der Waals surface area contributed by atoms with E-state index in [1.165, 1.54) is 69.7 Å². The van der Waals surface area contributed by atoms with Gasteiger partial charge in [-0.1, -0.05) is 55.3 Å². The van der Waals surface area contributed by atoms with Crippen molar-refractivity contribution in [3.63, 3.8) is 0 Å². The summed E-state index contributed by atoms with van der Waals surface area (Å²) in [6, 6.07) is 24.9. The zero-order valence-corrected chi connectivity index (χ0v) is 16.2. The molecule has 27 heavy (non-hydrogen) atoms. The molecule has 1 aliphatic carbocycles. The van der Waals surface area contributed by atoms with E-state index in [-0.39, 0.29) is 0 Å². The molecule has 134 valence electrons. The van der Waals surface area contributed by atoms with Crippen LogP contribution in [0.1, 0.15) is 42.7 Å². The van der Waals surface area contributed by atoms with Crippen molar-refractivity contribution < 1.29 is 4.57 Å². The molecule has 0 aliphatic heterocycles. The van der Waals surface area contributed by atoms with Gasteiger partial charge in [-0.05, 0) is 59.7 Å². The smallest absolute Gasteiger partial charge is 0.194 e. The van der Waals surface area contributed by atoms with Crippen LogP contribution in [-0.4, -0.2) is 0 Å². The van der Waals surface area contributed by atoms with Gasteiger partial charge in [0.2, 0.25) is 11.2 Å². The van der Waals surface area contributed by atoms with Crippen LogP contribution >= 0.6 is 0 Å². The van der Waals surface area contributed by atoms with E-state index in [0.29, 0.717) is 0 Å². The lowest BCUT2D eigenvalue weighted by molar-refractivity contribution is -0.633. The Balaban J connectivity index is 1.70. The SMILES string of the molecule is Cc1ccc2ccccc2c1-c1ccc2cc(C3CCCC3)ccc2[n+]1C. The number of rotatable bonds is 2. The Morgan fingerprint density at radius 3 is 2.44 bits per heavy atom. The van der Waals surface area contributed by atoms with Gasteiger partial charge in [0.1, 0.15) is 7.05 Å². The van der Waals surface area contributed by atoms with Crippen molar-refractivity contribution >= 4 is 21.7 Å². The van der Waals surface area contributed by atoms with Crippen molar-refractivity contribution in [2.75, 3.05) is 0 Å². The van der Waals surface area contributed by atoms with Gasteiger partial charge < -0.3 is 0 Å². The minimum Gasteiger partial charge on any atom is -0.194 e. The van der Waals surface area contributed by atoms with Gasteiger partial charge in [0.05, 0.1) is 5.56 Å². The second-order valence-electron chi connectivity index (χ2n) is 8.06. The van der Waals surface area contributed by atoms with E-state index in [9.17, 15) is 0 Å². The Labute approximate surface area is 161 Å². The molecule has 1 aliphatic rings. The summed E-state index contributed by atoms with van der Waals surface area (Å²) >= 11 is 0. The fourth-order valence-corrected chi connectivity index (χ4v) is 4.91. The molecule has 0 unspecified atom stereocenters. The molecular formula is C26H26N+. The van der Waals surface area contributed by atoms with Crippen LogP contribution in [0.15, 0.2) is 66.7 Å². The average Bonchev–Trinajstić information content (AvgIpc) is 3.24. The molecule has 1 nitrogen and oxygen atoms in total. The normalized spacial score (nSPS) is 15.0. The number of pyridine rings is 1. The number of aromatic nitrogens is 1. The highest BCUT2D eigenvalue weighted by atomic mass is 14.9. The Morgan fingerprint density at radius 2 is 1.59 bits per heavy atom. The van der Waals surface area contributed by atoms with Crippen LogP contribution < -0.4 is 4.57 Å². The number of fused-ring (bicyclic) bond motifs is 2. The first-order valence-corrected chi connectivity index (χ1v) is 10.1. The maximum Gasteiger partial charge on any atom is 0.213 e. The Kier molecular flexibility index (Phi) is 3.97. The molecule has 0 amide bonds. The lowest BCUT2D eigenvalue weighted by Crippen LogP contribution is -2.32. The molecule has 4 aromatic rings. The first-order valence-electron chi connectivity index (χ1n) is 10.1. The van der Waals surface area contributed by atoms with Crippen molar-refractivity contribution in [3.05, 3.63) is 77.9 Å². The molecule has 5 rings (SSSR count). The molecular weight excluding hydrogens is 326 g/mol. The summed E-state index contributed by atoms with van der Waals surface area (Å²) in [6.07, 6.45) is 5.47. The van der Waals surface area contributed by atoms with Crippen molar-refractivity contribution in [1.82, 2.24) is 0 Å². The van der Waals surface area contributed by atoms with Crippen molar-refractivity contribution in [2.24, 2.45) is 7.05 Å². The third-order valence-electron chi connectivity index (χ3n) is 6.42. The summed E-state index contributed by atoms with van der Waals surface area (Å²) < 4.78 is 2.36. The van der Waals surface area contributed by atoms with E-state index in [1.807, 2.05) is 0 Å². The standard InChI is InChI=1S/C26H26N/c1-18-11-12-20-9-5-6-10-23(20)26(18)25-16-14-22-17-21(19-7-3-4-8-19)13-15-24(22)27(25)2/h5-6,9-17,19H,3-4,7-8H2,1-2H3/q+1. The predicted molar refractivity (Wildman–Crippen MR) is 114 cm³/mol. The van der Waals surface area contributed by atoms with Gasteiger partial charge in [-0.15, -0.1) is 0 Å². The van der Waals surface area contributed by atoms with Gasteiger partial charge in [-0.2, -0.15) is 4.57 Å². The highest BCUT2D eigenvalue weighted by Crippen LogP contribution is 2.36. The van der Waals surface area contributed by atoms with Crippen LogP contribution in [0.5, 0.6) is 0 Å². The van der Waals surface area contributed by atoms with Crippen LogP contribution in [0.25, 0.3) is 32.9 Å². The Morgan fingerprint density at radius 1 is 0.815 bits per heavy atom. The maximum atomic E-state index is 2.42. The summed E-state index contributed by atoms with van der Waals surface area (Å²) in [7, 11) is 2.20. The first-order chi connectivity index (χ1) is 13.2. The van der Waals surface area contributed by atoms with E-state index < -0.39 is 0 Å². The number of benzene rings is 3.